The number of aliphatic carboxylic acids is 1. The number of para-hydroxylation sites is 1. The number of carboxylic acids is 1. The van der Waals surface area contributed by atoms with Crippen LogP contribution in [0.3, 0.4) is 0 Å². The van der Waals surface area contributed by atoms with Gasteiger partial charge in [0.05, 0.1) is 0 Å². The number of carboxylic acid groups (broad SMARTS) is 1. The Balaban J connectivity index is 1.72. The third kappa shape index (κ3) is 6.55. The van der Waals surface area contributed by atoms with E-state index in [1.54, 1.807) is 31.2 Å². The smallest absolute Gasteiger partial charge is 0.341 e. The van der Waals surface area contributed by atoms with E-state index in [1.165, 1.54) is 0 Å². The van der Waals surface area contributed by atoms with E-state index in [0.29, 0.717) is 24.5 Å². The summed E-state index contributed by atoms with van der Waals surface area (Å²) in [5.41, 5.74) is 1.01. The minimum atomic E-state index is -1.02. The van der Waals surface area contributed by atoms with Gasteiger partial charge < -0.3 is 19.9 Å². The zero-order valence-electron chi connectivity index (χ0n) is 14.0. The molecular weight excluding hydrogens is 322 g/mol. The monoisotopic (exact) mass is 343 g/mol. The fraction of sp³-hybridized carbons (Fsp3) is 0.263. The number of carbonyl (C=O) groups is 2. The molecule has 6 heteroatoms. The highest BCUT2D eigenvalue weighted by atomic mass is 16.5. The van der Waals surface area contributed by atoms with Crippen molar-refractivity contribution >= 4 is 11.9 Å². The third-order valence-corrected chi connectivity index (χ3v) is 3.42. The van der Waals surface area contributed by atoms with Gasteiger partial charge in [0.2, 0.25) is 0 Å². The number of amides is 1. The highest BCUT2D eigenvalue weighted by Gasteiger charge is 2.13. The second-order valence-corrected chi connectivity index (χ2v) is 5.44. The fourth-order valence-electron chi connectivity index (χ4n) is 2.13. The first-order chi connectivity index (χ1) is 12.0. The molecule has 2 N–H and O–H groups in total. The number of hydrogen-bond acceptors (Lipinski definition) is 4. The molecule has 0 aliphatic carbocycles. The van der Waals surface area contributed by atoms with Crippen LogP contribution in [0.2, 0.25) is 0 Å². The van der Waals surface area contributed by atoms with E-state index in [1.807, 2.05) is 30.3 Å². The van der Waals surface area contributed by atoms with Gasteiger partial charge in [0.25, 0.3) is 5.91 Å². The maximum absolute atomic E-state index is 12.0. The van der Waals surface area contributed by atoms with Crippen molar-refractivity contribution in [3.63, 3.8) is 0 Å². The maximum atomic E-state index is 12.0. The Morgan fingerprint density at radius 3 is 2.36 bits per heavy atom. The van der Waals surface area contributed by atoms with E-state index in [-0.39, 0.29) is 12.5 Å². The first-order valence-corrected chi connectivity index (χ1v) is 7.97. The van der Waals surface area contributed by atoms with E-state index in [9.17, 15) is 9.59 Å². The summed E-state index contributed by atoms with van der Waals surface area (Å²) in [5.74, 6) is -0.0361. The van der Waals surface area contributed by atoms with Crippen molar-refractivity contribution in [1.82, 2.24) is 5.32 Å². The topological polar surface area (TPSA) is 84.9 Å². The van der Waals surface area contributed by atoms with Crippen LogP contribution >= 0.6 is 0 Å². The van der Waals surface area contributed by atoms with Crippen LogP contribution in [0.1, 0.15) is 12.5 Å². The second-order valence-electron chi connectivity index (χ2n) is 5.44. The van der Waals surface area contributed by atoms with Crippen molar-refractivity contribution in [3.8, 4) is 11.5 Å². The van der Waals surface area contributed by atoms with Gasteiger partial charge >= 0.3 is 5.97 Å². The van der Waals surface area contributed by atoms with Crippen molar-refractivity contribution in [3.05, 3.63) is 60.2 Å². The number of ether oxygens (including phenoxy) is 2. The number of benzene rings is 2. The highest BCUT2D eigenvalue weighted by Crippen LogP contribution is 2.13. The lowest BCUT2D eigenvalue weighted by Gasteiger charge is -2.14. The molecule has 0 aliphatic heterocycles. The summed E-state index contributed by atoms with van der Waals surface area (Å²) in [7, 11) is 0. The maximum Gasteiger partial charge on any atom is 0.341 e. The minimum absolute atomic E-state index is 0.176. The predicted molar refractivity (Wildman–Crippen MR) is 92.8 cm³/mol. The Morgan fingerprint density at radius 1 is 1.04 bits per heavy atom. The van der Waals surface area contributed by atoms with Crippen LogP contribution in [-0.2, 0) is 16.0 Å². The van der Waals surface area contributed by atoms with Gasteiger partial charge in [-0.1, -0.05) is 30.3 Å². The molecule has 0 saturated heterocycles. The van der Waals surface area contributed by atoms with Crippen molar-refractivity contribution in [2.45, 2.75) is 19.4 Å². The molecule has 2 aromatic carbocycles. The van der Waals surface area contributed by atoms with E-state index in [0.717, 1.165) is 5.56 Å². The predicted octanol–water partition coefficient (Wildman–Crippen LogP) is 2.28. The molecular formula is C19H21NO5. The lowest BCUT2D eigenvalue weighted by molar-refractivity contribution is -0.139. The molecule has 0 heterocycles. The summed E-state index contributed by atoms with van der Waals surface area (Å²) in [6.07, 6.45) is 0.0809. The molecule has 0 fully saturated rings. The minimum Gasteiger partial charge on any atom is -0.482 e. The molecule has 0 aromatic heterocycles. The summed E-state index contributed by atoms with van der Waals surface area (Å²) in [4.78, 5) is 22.5. The van der Waals surface area contributed by atoms with Crippen LogP contribution in [0.15, 0.2) is 54.6 Å². The van der Waals surface area contributed by atoms with Crippen LogP contribution < -0.4 is 14.8 Å². The molecule has 0 saturated carbocycles. The van der Waals surface area contributed by atoms with Gasteiger partial charge in [-0.2, -0.15) is 0 Å². The van der Waals surface area contributed by atoms with Crippen LogP contribution in [-0.4, -0.2) is 36.2 Å². The summed E-state index contributed by atoms with van der Waals surface area (Å²) in [6, 6.07) is 16.3. The largest absolute Gasteiger partial charge is 0.482 e. The first-order valence-electron chi connectivity index (χ1n) is 7.97. The van der Waals surface area contributed by atoms with Gasteiger partial charge in [0.1, 0.15) is 11.5 Å². The Labute approximate surface area is 146 Å². The molecule has 25 heavy (non-hydrogen) atoms. The summed E-state index contributed by atoms with van der Waals surface area (Å²) < 4.78 is 10.6. The molecule has 2 rings (SSSR count). The SMILES string of the molecule is CC(Oc1ccccc1)C(=O)NCCc1ccc(OCC(=O)O)cc1. The molecule has 0 spiro atoms. The van der Waals surface area contributed by atoms with Crippen molar-refractivity contribution in [2.75, 3.05) is 13.2 Å². The molecule has 132 valence electrons. The molecule has 1 amide bonds. The standard InChI is InChI=1S/C19H21NO5/c1-14(25-17-5-3-2-4-6-17)19(23)20-12-11-15-7-9-16(10-8-15)24-13-18(21)22/h2-10,14H,11-13H2,1H3,(H,20,23)(H,21,22). The zero-order chi connectivity index (χ0) is 18.1. The fourth-order valence-corrected chi connectivity index (χ4v) is 2.13. The Bertz CT molecular complexity index is 685. The van der Waals surface area contributed by atoms with E-state index in [4.69, 9.17) is 14.6 Å². The highest BCUT2D eigenvalue weighted by molar-refractivity contribution is 5.80. The van der Waals surface area contributed by atoms with Crippen LogP contribution in [0.25, 0.3) is 0 Å². The Kier molecular flexibility index (Phi) is 6.83. The zero-order valence-corrected chi connectivity index (χ0v) is 14.0. The molecule has 2 aromatic rings. The van der Waals surface area contributed by atoms with Gasteiger partial charge in [0.15, 0.2) is 12.7 Å². The quantitative estimate of drug-likeness (QED) is 0.730. The van der Waals surface area contributed by atoms with Gasteiger partial charge in [-0.15, -0.1) is 0 Å². The van der Waals surface area contributed by atoms with Crippen LogP contribution in [0, 0.1) is 0 Å². The van der Waals surface area contributed by atoms with Gasteiger partial charge in [-0.05, 0) is 43.2 Å². The molecule has 1 atom stereocenters. The van der Waals surface area contributed by atoms with Crippen molar-refractivity contribution in [1.29, 1.82) is 0 Å². The lowest BCUT2D eigenvalue weighted by Crippen LogP contribution is -2.37. The summed E-state index contributed by atoms with van der Waals surface area (Å²) in [6.45, 7) is 1.82. The van der Waals surface area contributed by atoms with Gasteiger partial charge in [0, 0.05) is 6.54 Å². The van der Waals surface area contributed by atoms with Gasteiger partial charge in [-0.25, -0.2) is 4.79 Å². The average molecular weight is 343 g/mol. The molecule has 0 radical (unpaired) electrons. The number of hydrogen-bond donors (Lipinski definition) is 2. The Morgan fingerprint density at radius 2 is 1.72 bits per heavy atom. The number of nitrogens with one attached hydrogen (secondary N) is 1. The average Bonchev–Trinajstić information content (AvgIpc) is 2.61. The summed E-state index contributed by atoms with van der Waals surface area (Å²) >= 11 is 0. The van der Waals surface area contributed by atoms with Crippen molar-refractivity contribution < 1.29 is 24.2 Å². The molecule has 6 nitrogen and oxygen atoms in total. The van der Waals surface area contributed by atoms with Crippen LogP contribution in [0.5, 0.6) is 11.5 Å². The summed E-state index contributed by atoms with van der Waals surface area (Å²) in [5, 5.41) is 11.4. The normalized spacial score (nSPS) is 11.4. The Hall–Kier alpha value is -3.02. The lowest BCUT2D eigenvalue weighted by atomic mass is 10.1. The second kappa shape index (κ2) is 9.32. The van der Waals surface area contributed by atoms with Gasteiger partial charge in [-0.3, -0.25) is 4.79 Å². The van der Waals surface area contributed by atoms with Crippen molar-refractivity contribution in [2.24, 2.45) is 0 Å². The van der Waals surface area contributed by atoms with E-state index < -0.39 is 12.1 Å². The number of rotatable bonds is 9. The molecule has 1 unspecified atom stereocenters. The molecule has 0 aliphatic rings. The van der Waals surface area contributed by atoms with Crippen LogP contribution in [0.4, 0.5) is 0 Å². The number of carbonyl (C=O) groups excluding carboxylic acids is 1. The first kappa shape index (κ1) is 18.3. The third-order valence-electron chi connectivity index (χ3n) is 3.42. The molecule has 0 bridgehead atoms. The van der Waals surface area contributed by atoms with E-state index in [2.05, 4.69) is 5.32 Å². The van der Waals surface area contributed by atoms with E-state index >= 15 is 0 Å².